The Balaban J connectivity index is 2.12. The number of Topliss-reactive ketones (excluding diaryl/α,β-unsaturated/α-hetero) is 1. The van der Waals surface area contributed by atoms with Gasteiger partial charge in [-0.1, -0.05) is 29.3 Å². The van der Waals surface area contributed by atoms with Gasteiger partial charge in [0.1, 0.15) is 10.8 Å². The van der Waals surface area contributed by atoms with E-state index in [4.69, 9.17) is 27.9 Å². The third-order valence-corrected chi connectivity index (χ3v) is 4.47. The summed E-state index contributed by atoms with van der Waals surface area (Å²) in [5.74, 6) is 0.0531. The van der Waals surface area contributed by atoms with Crippen molar-refractivity contribution in [3.63, 3.8) is 0 Å². The second kappa shape index (κ2) is 7.42. The van der Waals surface area contributed by atoms with Crippen LogP contribution < -0.4 is 9.46 Å². The largest absolute Gasteiger partial charge is 0.481 e. The summed E-state index contributed by atoms with van der Waals surface area (Å²) >= 11 is 11.9. The van der Waals surface area contributed by atoms with E-state index in [0.29, 0.717) is 22.0 Å². The Kier molecular flexibility index (Phi) is 5.74. The van der Waals surface area contributed by atoms with E-state index >= 15 is 0 Å². The molecule has 0 aliphatic rings. The summed E-state index contributed by atoms with van der Waals surface area (Å²) in [5, 5.41) is 0.580. The minimum absolute atomic E-state index is 0.242. The second-order valence-corrected chi connectivity index (χ2v) is 7.66. The number of ether oxygens (including phenoxy) is 1. The van der Waals surface area contributed by atoms with Crippen molar-refractivity contribution in [2.45, 2.75) is 13.0 Å². The van der Waals surface area contributed by atoms with E-state index in [-0.39, 0.29) is 10.8 Å². The predicted molar refractivity (Wildman–Crippen MR) is 95.8 cm³/mol. The zero-order chi connectivity index (χ0) is 17.9. The van der Waals surface area contributed by atoms with Gasteiger partial charge in [-0.2, -0.15) is 0 Å². The molecular formula is C16H15Cl2NO4S. The molecule has 0 saturated heterocycles. The number of nitrogens with one attached hydrogen (secondary N) is 1. The smallest absolute Gasteiger partial charge is 0.229 e. The lowest BCUT2D eigenvalue weighted by molar-refractivity contribution is 0.0818. The molecule has 8 heteroatoms. The first-order valence-corrected chi connectivity index (χ1v) is 9.55. The van der Waals surface area contributed by atoms with Gasteiger partial charge in [0, 0.05) is 11.3 Å². The quantitative estimate of drug-likeness (QED) is 0.759. The van der Waals surface area contributed by atoms with E-state index in [1.54, 1.807) is 25.1 Å². The van der Waals surface area contributed by atoms with Gasteiger partial charge in [-0.3, -0.25) is 9.52 Å². The fourth-order valence-corrected chi connectivity index (χ4v) is 2.87. The number of halogens is 2. The number of hydrogen-bond acceptors (Lipinski definition) is 4. The normalized spacial score (nSPS) is 12.5. The topological polar surface area (TPSA) is 72.5 Å². The molecule has 0 aliphatic carbocycles. The van der Waals surface area contributed by atoms with Gasteiger partial charge in [0.15, 0.2) is 6.10 Å². The molecule has 0 aromatic heterocycles. The highest BCUT2D eigenvalue weighted by molar-refractivity contribution is 7.92. The summed E-state index contributed by atoms with van der Waals surface area (Å²) in [4.78, 5) is 12.4. The Morgan fingerprint density at radius 2 is 1.75 bits per heavy atom. The zero-order valence-corrected chi connectivity index (χ0v) is 15.2. The van der Waals surface area contributed by atoms with Crippen molar-refractivity contribution in [2.24, 2.45) is 0 Å². The van der Waals surface area contributed by atoms with Gasteiger partial charge in [0.2, 0.25) is 15.8 Å². The molecule has 0 saturated carbocycles. The zero-order valence-electron chi connectivity index (χ0n) is 12.9. The number of sulfonamides is 1. The van der Waals surface area contributed by atoms with Gasteiger partial charge in [0.25, 0.3) is 0 Å². The standard InChI is InChI=1S/C16H15Cl2NO4S/c1-10(23-14-5-3-4-13(17)15(14)18)16(20)11-6-8-12(9-7-11)19-24(2,21)22/h3-10,19H,1-2H3/t10-/m0/s1. The average molecular weight is 388 g/mol. The third kappa shape index (κ3) is 4.87. The molecule has 0 bridgehead atoms. The number of rotatable bonds is 6. The van der Waals surface area contributed by atoms with E-state index in [1.807, 2.05) is 0 Å². The molecule has 0 radical (unpaired) electrons. The summed E-state index contributed by atoms with van der Waals surface area (Å²) in [6.07, 6.45) is 0.270. The van der Waals surface area contributed by atoms with Crippen molar-refractivity contribution in [2.75, 3.05) is 11.0 Å². The van der Waals surface area contributed by atoms with E-state index in [9.17, 15) is 13.2 Å². The van der Waals surface area contributed by atoms with Crippen molar-refractivity contribution in [3.05, 3.63) is 58.1 Å². The van der Waals surface area contributed by atoms with Crippen LogP contribution in [0.25, 0.3) is 0 Å². The molecule has 0 aliphatic heterocycles. The molecule has 0 unspecified atom stereocenters. The molecule has 1 atom stereocenters. The highest BCUT2D eigenvalue weighted by atomic mass is 35.5. The Morgan fingerprint density at radius 3 is 2.33 bits per heavy atom. The monoisotopic (exact) mass is 387 g/mol. The first-order chi connectivity index (χ1) is 11.2. The highest BCUT2D eigenvalue weighted by Crippen LogP contribution is 2.32. The summed E-state index contributed by atoms with van der Waals surface area (Å²) < 4.78 is 30.2. The Bertz CT molecular complexity index is 851. The third-order valence-electron chi connectivity index (χ3n) is 3.06. The lowest BCUT2D eigenvalue weighted by Crippen LogP contribution is -2.24. The van der Waals surface area contributed by atoms with Gasteiger partial charge in [0.05, 0.1) is 11.3 Å². The van der Waals surface area contributed by atoms with Crippen molar-refractivity contribution >= 4 is 44.7 Å². The SMILES string of the molecule is C[C@H](Oc1cccc(Cl)c1Cl)C(=O)c1ccc(NS(C)(=O)=O)cc1. The van der Waals surface area contributed by atoms with Crippen molar-refractivity contribution in [3.8, 4) is 5.75 Å². The maximum Gasteiger partial charge on any atom is 0.229 e. The lowest BCUT2D eigenvalue weighted by Gasteiger charge is -2.15. The van der Waals surface area contributed by atoms with E-state index in [0.717, 1.165) is 6.26 Å². The molecule has 1 N–H and O–H groups in total. The van der Waals surface area contributed by atoms with E-state index < -0.39 is 16.1 Å². The fraction of sp³-hybridized carbons (Fsp3) is 0.188. The molecule has 0 heterocycles. The van der Waals surface area contributed by atoms with Crippen LogP contribution in [0.5, 0.6) is 5.75 Å². The minimum atomic E-state index is -3.36. The van der Waals surface area contributed by atoms with Crippen LogP contribution in [0.15, 0.2) is 42.5 Å². The van der Waals surface area contributed by atoms with Crippen LogP contribution in [0.2, 0.25) is 10.0 Å². The van der Waals surface area contributed by atoms with Crippen LogP contribution in [0.3, 0.4) is 0 Å². The summed E-state index contributed by atoms with van der Waals surface area (Å²) in [7, 11) is -3.36. The number of benzene rings is 2. The van der Waals surface area contributed by atoms with Crippen LogP contribution in [0.4, 0.5) is 5.69 Å². The number of carbonyl (C=O) groups is 1. The summed E-state index contributed by atoms with van der Waals surface area (Å²) in [6.45, 7) is 1.60. The molecule has 0 fully saturated rings. The molecule has 0 spiro atoms. The summed E-state index contributed by atoms with van der Waals surface area (Å²) in [5.41, 5.74) is 0.764. The summed E-state index contributed by atoms with van der Waals surface area (Å²) in [6, 6.07) is 11.0. The molecule has 5 nitrogen and oxygen atoms in total. The molecule has 2 aromatic rings. The van der Waals surface area contributed by atoms with Crippen LogP contribution in [-0.4, -0.2) is 26.6 Å². The van der Waals surface area contributed by atoms with Crippen molar-refractivity contribution in [1.29, 1.82) is 0 Å². The average Bonchev–Trinajstić information content (AvgIpc) is 2.50. The minimum Gasteiger partial charge on any atom is -0.481 e. The molecular weight excluding hydrogens is 373 g/mol. The van der Waals surface area contributed by atoms with Gasteiger partial charge < -0.3 is 4.74 Å². The molecule has 24 heavy (non-hydrogen) atoms. The van der Waals surface area contributed by atoms with Gasteiger partial charge >= 0.3 is 0 Å². The van der Waals surface area contributed by atoms with Gasteiger partial charge in [-0.05, 0) is 43.3 Å². The molecule has 128 valence electrons. The van der Waals surface area contributed by atoms with Crippen molar-refractivity contribution < 1.29 is 17.9 Å². The molecule has 0 amide bonds. The predicted octanol–water partition coefficient (Wildman–Crippen LogP) is 4.02. The second-order valence-electron chi connectivity index (χ2n) is 5.13. The van der Waals surface area contributed by atoms with Crippen LogP contribution in [-0.2, 0) is 10.0 Å². The maximum absolute atomic E-state index is 12.4. The van der Waals surface area contributed by atoms with Gasteiger partial charge in [-0.25, -0.2) is 8.42 Å². The first-order valence-electron chi connectivity index (χ1n) is 6.90. The molecule has 2 aromatic carbocycles. The lowest BCUT2D eigenvalue weighted by atomic mass is 10.1. The van der Waals surface area contributed by atoms with E-state index in [2.05, 4.69) is 4.72 Å². The van der Waals surface area contributed by atoms with Crippen LogP contribution >= 0.6 is 23.2 Å². The molecule has 2 rings (SSSR count). The maximum atomic E-state index is 12.4. The van der Waals surface area contributed by atoms with Crippen LogP contribution in [0, 0.1) is 0 Å². The highest BCUT2D eigenvalue weighted by Gasteiger charge is 2.19. The van der Waals surface area contributed by atoms with Gasteiger partial charge in [-0.15, -0.1) is 0 Å². The van der Waals surface area contributed by atoms with E-state index in [1.165, 1.54) is 24.3 Å². The Labute approximate surface area is 150 Å². The number of ketones is 1. The first kappa shape index (κ1) is 18.6. The fourth-order valence-electron chi connectivity index (χ4n) is 1.97. The van der Waals surface area contributed by atoms with Crippen LogP contribution in [0.1, 0.15) is 17.3 Å². The number of hydrogen-bond donors (Lipinski definition) is 1. The number of anilines is 1. The Hall–Kier alpha value is -1.76. The number of carbonyl (C=O) groups excluding carboxylic acids is 1. The van der Waals surface area contributed by atoms with Crippen molar-refractivity contribution in [1.82, 2.24) is 0 Å². The Morgan fingerprint density at radius 1 is 1.12 bits per heavy atom.